The van der Waals surface area contributed by atoms with Crippen molar-refractivity contribution in [3.63, 3.8) is 0 Å². The van der Waals surface area contributed by atoms with Crippen molar-refractivity contribution < 1.29 is 9.52 Å². The van der Waals surface area contributed by atoms with Crippen LogP contribution in [0.3, 0.4) is 0 Å². The van der Waals surface area contributed by atoms with E-state index >= 15 is 0 Å². The third-order valence-electron chi connectivity index (χ3n) is 2.98. The zero-order valence-electron chi connectivity index (χ0n) is 9.16. The highest BCUT2D eigenvalue weighted by atomic mass is 16.3. The fourth-order valence-electron chi connectivity index (χ4n) is 1.74. The minimum atomic E-state index is -0.629. The lowest BCUT2D eigenvalue weighted by atomic mass is 10.1. The van der Waals surface area contributed by atoms with E-state index in [1.165, 1.54) is 5.56 Å². The molecule has 0 bridgehead atoms. The Kier molecular flexibility index (Phi) is 2.40. The number of H-pyrrole nitrogens is 1. The van der Waals surface area contributed by atoms with Crippen LogP contribution in [0.1, 0.15) is 34.2 Å². The average Bonchev–Trinajstić information content (AvgIpc) is 2.82. The summed E-state index contributed by atoms with van der Waals surface area (Å²) in [6.45, 7) is 6.07. The molecule has 3 heteroatoms. The third kappa shape index (κ3) is 1.59. The molecule has 0 saturated carbocycles. The number of aliphatic hydroxyl groups excluding tert-OH is 1. The van der Waals surface area contributed by atoms with Gasteiger partial charge in [-0.25, -0.2) is 0 Å². The summed E-state index contributed by atoms with van der Waals surface area (Å²) in [5, 5.41) is 10.1. The van der Waals surface area contributed by atoms with Gasteiger partial charge in [-0.15, -0.1) is 0 Å². The Morgan fingerprint density at radius 2 is 2.00 bits per heavy atom. The first-order chi connectivity index (χ1) is 7.11. The first-order valence-electron chi connectivity index (χ1n) is 4.97. The Labute approximate surface area is 88.7 Å². The molecule has 2 aromatic rings. The lowest BCUT2D eigenvalue weighted by Crippen LogP contribution is -2.00. The van der Waals surface area contributed by atoms with Gasteiger partial charge in [-0.2, -0.15) is 0 Å². The van der Waals surface area contributed by atoms with E-state index in [9.17, 15) is 5.11 Å². The van der Waals surface area contributed by atoms with Crippen LogP contribution in [0.5, 0.6) is 0 Å². The van der Waals surface area contributed by atoms with E-state index in [-0.39, 0.29) is 0 Å². The molecule has 0 amide bonds. The van der Waals surface area contributed by atoms with Gasteiger partial charge in [0.15, 0.2) is 0 Å². The summed E-state index contributed by atoms with van der Waals surface area (Å²) in [5.41, 5.74) is 5.05. The van der Waals surface area contributed by atoms with E-state index in [0.29, 0.717) is 0 Å². The summed E-state index contributed by atoms with van der Waals surface area (Å²) in [6.07, 6.45) is 2.50. The Morgan fingerprint density at radius 1 is 1.27 bits per heavy atom. The maximum atomic E-state index is 10.1. The van der Waals surface area contributed by atoms with E-state index in [0.717, 1.165) is 22.5 Å². The summed E-state index contributed by atoms with van der Waals surface area (Å²) in [7, 11) is 0. The van der Waals surface area contributed by atoms with Gasteiger partial charge in [-0.05, 0) is 38.0 Å². The summed E-state index contributed by atoms with van der Waals surface area (Å²) in [6, 6.07) is 1.77. The van der Waals surface area contributed by atoms with Crippen LogP contribution in [0.15, 0.2) is 23.0 Å². The molecule has 2 heterocycles. The van der Waals surface area contributed by atoms with Gasteiger partial charge in [0.2, 0.25) is 0 Å². The van der Waals surface area contributed by atoms with Crippen molar-refractivity contribution in [1.29, 1.82) is 0 Å². The first-order valence-corrected chi connectivity index (χ1v) is 4.97. The zero-order chi connectivity index (χ0) is 11.0. The van der Waals surface area contributed by atoms with Crippen molar-refractivity contribution in [1.82, 2.24) is 4.98 Å². The minimum Gasteiger partial charge on any atom is -0.472 e. The van der Waals surface area contributed by atoms with Gasteiger partial charge in [0.1, 0.15) is 6.10 Å². The second-order valence-electron chi connectivity index (χ2n) is 3.87. The number of rotatable bonds is 2. The van der Waals surface area contributed by atoms with E-state index in [1.807, 2.05) is 20.8 Å². The van der Waals surface area contributed by atoms with Gasteiger partial charge in [0.25, 0.3) is 0 Å². The molecular weight excluding hydrogens is 190 g/mol. The van der Waals surface area contributed by atoms with Crippen LogP contribution in [-0.4, -0.2) is 10.1 Å². The van der Waals surface area contributed by atoms with Gasteiger partial charge in [-0.3, -0.25) is 0 Å². The molecular formula is C12H15NO2. The zero-order valence-corrected chi connectivity index (χ0v) is 9.16. The molecule has 0 aliphatic carbocycles. The van der Waals surface area contributed by atoms with E-state index in [1.54, 1.807) is 18.6 Å². The monoisotopic (exact) mass is 205 g/mol. The summed E-state index contributed by atoms with van der Waals surface area (Å²) in [4.78, 5) is 3.21. The Bertz CT molecular complexity index is 454. The largest absolute Gasteiger partial charge is 0.472 e. The predicted octanol–water partition coefficient (Wildman–Crippen LogP) is 2.61. The Hall–Kier alpha value is -1.48. The van der Waals surface area contributed by atoms with E-state index in [4.69, 9.17) is 4.42 Å². The van der Waals surface area contributed by atoms with Crippen LogP contribution in [0.4, 0.5) is 0 Å². The van der Waals surface area contributed by atoms with Crippen LogP contribution >= 0.6 is 0 Å². The molecule has 0 radical (unpaired) electrons. The maximum Gasteiger partial charge on any atom is 0.122 e. The van der Waals surface area contributed by atoms with Crippen LogP contribution < -0.4 is 0 Å². The van der Waals surface area contributed by atoms with Crippen molar-refractivity contribution in [2.45, 2.75) is 26.9 Å². The number of hydrogen-bond acceptors (Lipinski definition) is 2. The van der Waals surface area contributed by atoms with Crippen LogP contribution in [-0.2, 0) is 0 Å². The molecule has 0 saturated heterocycles. The molecule has 0 fully saturated rings. The molecule has 2 rings (SSSR count). The molecule has 80 valence electrons. The molecule has 0 spiro atoms. The molecule has 0 aromatic carbocycles. The highest BCUT2D eigenvalue weighted by Crippen LogP contribution is 2.27. The summed E-state index contributed by atoms with van der Waals surface area (Å²) >= 11 is 0. The number of aryl methyl sites for hydroxylation is 1. The van der Waals surface area contributed by atoms with Crippen molar-refractivity contribution in [3.05, 3.63) is 46.7 Å². The van der Waals surface area contributed by atoms with Crippen molar-refractivity contribution in [2.75, 3.05) is 0 Å². The molecule has 2 N–H and O–H groups in total. The van der Waals surface area contributed by atoms with Crippen molar-refractivity contribution >= 4 is 0 Å². The average molecular weight is 205 g/mol. The van der Waals surface area contributed by atoms with E-state index < -0.39 is 6.10 Å². The number of aromatic amines is 1. The normalized spacial score (nSPS) is 13.1. The highest BCUT2D eigenvalue weighted by Gasteiger charge is 2.17. The lowest BCUT2D eigenvalue weighted by Gasteiger charge is -2.07. The highest BCUT2D eigenvalue weighted by molar-refractivity contribution is 5.38. The van der Waals surface area contributed by atoms with Gasteiger partial charge in [0.05, 0.1) is 18.2 Å². The standard InChI is InChI=1S/C12H15NO2/c1-7-8(2)11(13-9(7)3)12(14)10-4-5-15-6-10/h4-6,12-14H,1-3H3. The summed E-state index contributed by atoms with van der Waals surface area (Å²) < 4.78 is 4.96. The Morgan fingerprint density at radius 3 is 2.47 bits per heavy atom. The second-order valence-corrected chi connectivity index (χ2v) is 3.87. The quantitative estimate of drug-likeness (QED) is 0.791. The number of nitrogens with one attached hydrogen (secondary N) is 1. The van der Waals surface area contributed by atoms with Crippen LogP contribution in [0.25, 0.3) is 0 Å². The molecule has 15 heavy (non-hydrogen) atoms. The van der Waals surface area contributed by atoms with Gasteiger partial charge in [0, 0.05) is 11.3 Å². The van der Waals surface area contributed by atoms with Crippen LogP contribution in [0, 0.1) is 20.8 Å². The second kappa shape index (κ2) is 3.59. The minimum absolute atomic E-state index is 0.629. The fraction of sp³-hybridized carbons (Fsp3) is 0.333. The van der Waals surface area contributed by atoms with Gasteiger partial charge >= 0.3 is 0 Å². The number of furan rings is 1. The molecule has 2 aromatic heterocycles. The molecule has 3 nitrogen and oxygen atoms in total. The van der Waals surface area contributed by atoms with Crippen LogP contribution in [0.2, 0.25) is 0 Å². The molecule has 1 atom stereocenters. The van der Waals surface area contributed by atoms with Gasteiger partial charge in [-0.1, -0.05) is 0 Å². The third-order valence-corrected chi connectivity index (χ3v) is 2.98. The fourth-order valence-corrected chi connectivity index (χ4v) is 1.74. The smallest absolute Gasteiger partial charge is 0.122 e. The Balaban J connectivity index is 2.42. The maximum absolute atomic E-state index is 10.1. The molecule has 0 aliphatic rings. The van der Waals surface area contributed by atoms with Crippen molar-refractivity contribution in [3.8, 4) is 0 Å². The van der Waals surface area contributed by atoms with Gasteiger partial charge < -0.3 is 14.5 Å². The topological polar surface area (TPSA) is 49.2 Å². The number of aliphatic hydroxyl groups is 1. The molecule has 1 unspecified atom stereocenters. The first kappa shape index (κ1) is 10.1. The van der Waals surface area contributed by atoms with Crippen molar-refractivity contribution in [2.24, 2.45) is 0 Å². The SMILES string of the molecule is Cc1[nH]c(C(O)c2ccoc2)c(C)c1C. The molecule has 0 aliphatic heterocycles. The summed E-state index contributed by atoms with van der Waals surface area (Å²) in [5.74, 6) is 0. The number of aromatic nitrogens is 1. The lowest BCUT2D eigenvalue weighted by molar-refractivity contribution is 0.214. The van der Waals surface area contributed by atoms with E-state index in [2.05, 4.69) is 4.98 Å². The predicted molar refractivity (Wildman–Crippen MR) is 57.8 cm³/mol. The number of hydrogen-bond donors (Lipinski definition) is 2.